The highest BCUT2D eigenvalue weighted by Gasteiger charge is 2.47. The monoisotopic (exact) mass is 733 g/mol. The van der Waals surface area contributed by atoms with Gasteiger partial charge in [0.2, 0.25) is 0 Å². The van der Waals surface area contributed by atoms with Crippen LogP contribution in [0.2, 0.25) is 0 Å². The van der Waals surface area contributed by atoms with Crippen LogP contribution in [0.5, 0.6) is 0 Å². The molecule has 2 atom stereocenters. The minimum Gasteiger partial charge on any atom is -0.460 e. The van der Waals surface area contributed by atoms with Gasteiger partial charge in [0.15, 0.2) is 11.9 Å². The number of nitrogens with zero attached hydrogens (tertiary/aromatic N) is 4. The van der Waals surface area contributed by atoms with Crippen LogP contribution in [0.15, 0.2) is 91.5 Å². The zero-order valence-electron chi connectivity index (χ0n) is 27.9. The molecule has 3 aromatic carbocycles. The Morgan fingerprint density at radius 3 is 2.60 bits per heavy atom. The van der Waals surface area contributed by atoms with Crippen molar-refractivity contribution in [3.63, 3.8) is 0 Å². The van der Waals surface area contributed by atoms with Crippen molar-refractivity contribution in [3.05, 3.63) is 137 Å². The van der Waals surface area contributed by atoms with Crippen LogP contribution in [0.25, 0.3) is 6.08 Å². The zero-order chi connectivity index (χ0) is 37.1. The molecule has 2 heterocycles. The van der Waals surface area contributed by atoms with Gasteiger partial charge in [-0.15, -0.1) is 11.8 Å². The number of rotatable bonds is 14. The van der Waals surface area contributed by atoms with Gasteiger partial charge >= 0.3 is 11.9 Å². The topological polar surface area (TPSA) is 152 Å². The number of carbonyl (C=O) groups is 2. The average Bonchev–Trinajstić information content (AvgIpc) is 3.66. The molecule has 0 radical (unpaired) electrons. The van der Waals surface area contributed by atoms with E-state index in [4.69, 9.17) is 29.9 Å². The summed E-state index contributed by atoms with van der Waals surface area (Å²) in [6, 6.07) is 15.4. The van der Waals surface area contributed by atoms with Gasteiger partial charge in [-0.3, -0.25) is 4.79 Å². The number of hydrogen-bond acceptors (Lipinski definition) is 11. The number of thioether (sulfide) groups is 1. The Balaban J connectivity index is 1.37. The molecule has 4 aromatic rings. The van der Waals surface area contributed by atoms with Gasteiger partial charge in [-0.2, -0.15) is 10.4 Å². The Morgan fingerprint density at radius 2 is 1.90 bits per heavy atom. The molecular weight excluding hydrogens is 699 g/mol. The molecule has 1 saturated heterocycles. The molecule has 2 N–H and O–H groups in total. The second kappa shape index (κ2) is 17.8. The molecule has 15 heteroatoms. The number of aromatic nitrogens is 3. The standard InChI is InChI=1S/C37H34F3N5O6S/c1-24(52-29-19-49-35(50-20-29)9-5-3-6-26-11-10-25(16-41)14-32(26)39)37(21-45-23-43-22-44-45,31-13-12-28(38)15-33(31)40)51-36(47)30-8-4-2-7-27(30)18-48-34(46)17-42/h2-15,22-24,29,35H,17-21,42H2,1H3/b6-3+,9-5+/t24-,29-,35-,37-/m1/s1. The summed E-state index contributed by atoms with van der Waals surface area (Å²) in [5.74, 6) is -3.82. The highest BCUT2D eigenvalue weighted by Crippen LogP contribution is 2.42. The fourth-order valence-electron chi connectivity index (χ4n) is 5.41. The minimum atomic E-state index is -1.80. The Labute approximate surface area is 301 Å². The van der Waals surface area contributed by atoms with Gasteiger partial charge in [0, 0.05) is 28.0 Å². The summed E-state index contributed by atoms with van der Waals surface area (Å²) >= 11 is 1.31. The number of carbonyl (C=O) groups excluding carboxylic acids is 2. The lowest BCUT2D eigenvalue weighted by molar-refractivity contribution is -0.146. The van der Waals surface area contributed by atoms with Crippen molar-refractivity contribution in [1.29, 1.82) is 5.26 Å². The summed E-state index contributed by atoms with van der Waals surface area (Å²) in [5, 5.41) is 12.1. The summed E-state index contributed by atoms with van der Waals surface area (Å²) < 4.78 is 68.9. The molecule has 1 aliphatic rings. The van der Waals surface area contributed by atoms with E-state index >= 15 is 4.39 Å². The maximum absolute atomic E-state index is 15.8. The van der Waals surface area contributed by atoms with Crippen LogP contribution in [0, 0.1) is 28.8 Å². The molecule has 11 nitrogen and oxygen atoms in total. The summed E-state index contributed by atoms with van der Waals surface area (Å²) in [5.41, 5.74) is 4.38. The molecule has 1 aromatic heterocycles. The first-order valence-electron chi connectivity index (χ1n) is 16.0. The Morgan fingerprint density at radius 1 is 1.12 bits per heavy atom. The molecule has 0 bridgehead atoms. The highest BCUT2D eigenvalue weighted by molar-refractivity contribution is 8.00. The second-order valence-electron chi connectivity index (χ2n) is 11.5. The first-order chi connectivity index (χ1) is 25.1. The normalized spacial score (nSPS) is 17.8. The quantitative estimate of drug-likeness (QED) is 0.130. The smallest absolute Gasteiger partial charge is 0.339 e. The molecule has 0 unspecified atom stereocenters. The van der Waals surface area contributed by atoms with Crippen LogP contribution in [0.3, 0.4) is 0 Å². The van der Waals surface area contributed by atoms with Gasteiger partial charge in [0.05, 0.1) is 48.7 Å². The van der Waals surface area contributed by atoms with E-state index in [2.05, 4.69) is 10.1 Å². The number of nitrogens with two attached hydrogens (primary N) is 1. The number of allylic oxidation sites excluding steroid dienone is 2. The lowest BCUT2D eigenvalue weighted by Crippen LogP contribution is -2.47. The number of hydrogen-bond donors (Lipinski definition) is 1. The van der Waals surface area contributed by atoms with Crippen LogP contribution >= 0.6 is 11.8 Å². The fourth-order valence-corrected chi connectivity index (χ4v) is 6.77. The number of benzene rings is 3. The molecule has 0 aliphatic carbocycles. The molecule has 52 heavy (non-hydrogen) atoms. The van der Waals surface area contributed by atoms with Crippen molar-refractivity contribution < 1.29 is 41.7 Å². The highest BCUT2D eigenvalue weighted by atomic mass is 32.2. The molecule has 270 valence electrons. The van der Waals surface area contributed by atoms with Gasteiger partial charge in [-0.1, -0.05) is 42.5 Å². The van der Waals surface area contributed by atoms with E-state index in [0.717, 1.165) is 12.1 Å². The van der Waals surface area contributed by atoms with E-state index in [1.165, 1.54) is 53.4 Å². The van der Waals surface area contributed by atoms with E-state index in [-0.39, 0.29) is 54.9 Å². The van der Waals surface area contributed by atoms with Crippen LogP contribution in [-0.4, -0.2) is 63.3 Å². The molecular formula is C37H34F3N5O6S. The van der Waals surface area contributed by atoms with Crippen molar-refractivity contribution in [2.75, 3.05) is 19.8 Å². The van der Waals surface area contributed by atoms with Gasteiger partial charge < -0.3 is 24.7 Å². The minimum absolute atomic E-state index is 0.0601. The molecule has 0 amide bonds. The van der Waals surface area contributed by atoms with Crippen LogP contribution in [-0.2, 0) is 42.5 Å². The predicted octanol–water partition coefficient (Wildman–Crippen LogP) is 5.45. The predicted molar refractivity (Wildman–Crippen MR) is 185 cm³/mol. The van der Waals surface area contributed by atoms with Crippen molar-refractivity contribution >= 4 is 29.8 Å². The third-order valence-corrected chi connectivity index (χ3v) is 9.49. The molecule has 1 fully saturated rings. The maximum atomic E-state index is 15.8. The average molecular weight is 734 g/mol. The van der Waals surface area contributed by atoms with Crippen LogP contribution in [0.1, 0.15) is 39.5 Å². The van der Waals surface area contributed by atoms with Crippen LogP contribution in [0.4, 0.5) is 13.2 Å². The summed E-state index contributed by atoms with van der Waals surface area (Å²) in [4.78, 5) is 29.8. The SMILES string of the molecule is C[C@@H](S[C@H]1CO[C@H](/C=C/C=C/c2ccc(C#N)cc2F)OC1)[C@@](Cn1cncn1)(OC(=O)c1ccccc1COC(=O)CN)c1ccc(F)cc1F. The Hall–Kier alpha value is -5.27. The lowest BCUT2D eigenvalue weighted by Gasteiger charge is -2.40. The Kier molecular flexibility index (Phi) is 13.0. The van der Waals surface area contributed by atoms with Gasteiger partial charge in [-0.25, -0.2) is 27.6 Å². The first-order valence-corrected chi connectivity index (χ1v) is 16.9. The lowest BCUT2D eigenvalue weighted by atomic mass is 9.89. The third-order valence-electron chi connectivity index (χ3n) is 8.05. The Bertz CT molecular complexity index is 1960. The number of halogens is 3. The van der Waals surface area contributed by atoms with E-state index in [1.807, 2.05) is 6.07 Å². The maximum Gasteiger partial charge on any atom is 0.339 e. The van der Waals surface area contributed by atoms with Crippen molar-refractivity contribution in [1.82, 2.24) is 14.8 Å². The van der Waals surface area contributed by atoms with Gasteiger partial charge in [0.1, 0.15) is 36.7 Å². The van der Waals surface area contributed by atoms with Crippen molar-refractivity contribution in [2.45, 2.75) is 42.5 Å². The summed E-state index contributed by atoms with van der Waals surface area (Å²) in [6.07, 6.45) is 8.41. The first kappa shape index (κ1) is 38.0. The zero-order valence-corrected chi connectivity index (χ0v) is 28.7. The number of ether oxygens (including phenoxy) is 4. The van der Waals surface area contributed by atoms with Crippen molar-refractivity contribution in [3.8, 4) is 6.07 Å². The number of esters is 2. The summed E-state index contributed by atoms with van der Waals surface area (Å²) in [6.45, 7) is 1.33. The third kappa shape index (κ3) is 9.53. The van der Waals surface area contributed by atoms with E-state index in [1.54, 1.807) is 49.4 Å². The van der Waals surface area contributed by atoms with E-state index in [9.17, 15) is 18.4 Å². The van der Waals surface area contributed by atoms with Gasteiger partial charge in [-0.05, 0) is 43.3 Å². The fraction of sp³-hybridized carbons (Fsp3) is 0.270. The molecule has 1 aliphatic heterocycles. The molecule has 0 spiro atoms. The second-order valence-corrected chi connectivity index (χ2v) is 13.2. The molecule has 5 rings (SSSR count). The molecule has 0 saturated carbocycles. The summed E-state index contributed by atoms with van der Waals surface area (Å²) in [7, 11) is 0. The largest absolute Gasteiger partial charge is 0.460 e. The van der Waals surface area contributed by atoms with Gasteiger partial charge in [0.25, 0.3) is 0 Å². The van der Waals surface area contributed by atoms with Crippen LogP contribution < -0.4 is 5.73 Å². The number of nitriles is 1. The van der Waals surface area contributed by atoms with E-state index < -0.39 is 46.5 Å². The van der Waals surface area contributed by atoms with E-state index in [0.29, 0.717) is 17.2 Å². The van der Waals surface area contributed by atoms with Crippen molar-refractivity contribution in [2.24, 2.45) is 5.73 Å².